The van der Waals surface area contributed by atoms with Gasteiger partial charge in [-0.3, -0.25) is 14.9 Å². The van der Waals surface area contributed by atoms with E-state index < -0.39 is 4.92 Å². The maximum Gasteiger partial charge on any atom is 0.270 e. The third-order valence-corrected chi connectivity index (χ3v) is 4.89. The molecule has 2 heterocycles. The minimum absolute atomic E-state index is 0.0207. The molecule has 1 aliphatic rings. The zero-order valence-corrected chi connectivity index (χ0v) is 14.2. The first-order chi connectivity index (χ1) is 12.1. The van der Waals surface area contributed by atoms with Gasteiger partial charge < -0.3 is 9.80 Å². The molecule has 1 aromatic heterocycles. The molecule has 1 fully saturated rings. The standard InChI is InChI=1S/C17H16N4O3S/c18-11-14-10-15(21(23)24)2-3-16(14)19-5-1-6-20(8-7-19)17(22)13-4-9-25-12-13/h2-4,9-10,12H,1,5-8H2. The molecule has 7 nitrogen and oxygen atoms in total. The summed E-state index contributed by atoms with van der Waals surface area (Å²) in [5.74, 6) is 0.0207. The molecule has 1 saturated heterocycles. The third-order valence-electron chi connectivity index (χ3n) is 4.20. The first-order valence-corrected chi connectivity index (χ1v) is 8.79. The number of nitro groups is 1. The number of carbonyl (C=O) groups excluding carboxylic acids is 1. The zero-order valence-electron chi connectivity index (χ0n) is 13.4. The molecular formula is C17H16N4O3S. The number of carbonyl (C=O) groups is 1. The van der Waals surface area contributed by atoms with Crippen molar-refractivity contribution in [2.24, 2.45) is 0 Å². The van der Waals surface area contributed by atoms with Crippen LogP contribution < -0.4 is 4.90 Å². The first kappa shape index (κ1) is 16.9. The molecule has 0 N–H and O–H groups in total. The van der Waals surface area contributed by atoms with E-state index in [9.17, 15) is 20.2 Å². The highest BCUT2D eigenvalue weighted by Gasteiger charge is 2.22. The van der Waals surface area contributed by atoms with Gasteiger partial charge in [0.1, 0.15) is 6.07 Å². The van der Waals surface area contributed by atoms with E-state index in [-0.39, 0.29) is 17.2 Å². The van der Waals surface area contributed by atoms with Crippen LogP contribution in [-0.2, 0) is 0 Å². The molecule has 0 aliphatic carbocycles. The molecule has 0 saturated carbocycles. The van der Waals surface area contributed by atoms with Crippen LogP contribution >= 0.6 is 11.3 Å². The highest BCUT2D eigenvalue weighted by Crippen LogP contribution is 2.26. The van der Waals surface area contributed by atoms with E-state index in [1.807, 2.05) is 32.7 Å². The fourth-order valence-corrected chi connectivity index (χ4v) is 3.56. The first-order valence-electron chi connectivity index (χ1n) is 7.85. The molecular weight excluding hydrogens is 340 g/mol. The van der Waals surface area contributed by atoms with Gasteiger partial charge in [-0.05, 0) is 23.9 Å². The molecule has 0 unspecified atom stereocenters. The summed E-state index contributed by atoms with van der Waals surface area (Å²) in [6, 6.07) is 8.19. The zero-order chi connectivity index (χ0) is 17.8. The van der Waals surface area contributed by atoms with Crippen LogP contribution in [0.3, 0.4) is 0 Å². The Morgan fingerprint density at radius 3 is 2.76 bits per heavy atom. The van der Waals surface area contributed by atoms with E-state index >= 15 is 0 Å². The fourth-order valence-electron chi connectivity index (χ4n) is 2.93. The summed E-state index contributed by atoms with van der Waals surface area (Å²) in [6.07, 6.45) is 0.776. The second kappa shape index (κ2) is 7.32. The summed E-state index contributed by atoms with van der Waals surface area (Å²) in [5, 5.41) is 23.9. The van der Waals surface area contributed by atoms with Gasteiger partial charge in [0.2, 0.25) is 0 Å². The average Bonchev–Trinajstić information content (AvgIpc) is 3.05. The van der Waals surface area contributed by atoms with Crippen molar-refractivity contribution in [3.8, 4) is 6.07 Å². The van der Waals surface area contributed by atoms with Crippen molar-refractivity contribution < 1.29 is 9.72 Å². The lowest BCUT2D eigenvalue weighted by Crippen LogP contribution is -2.35. The normalized spacial score (nSPS) is 14.7. The summed E-state index contributed by atoms with van der Waals surface area (Å²) in [7, 11) is 0. The number of non-ortho nitro benzene ring substituents is 1. The Morgan fingerprint density at radius 1 is 1.24 bits per heavy atom. The predicted octanol–water partition coefficient (Wildman–Crippen LogP) is 2.88. The van der Waals surface area contributed by atoms with Crippen LogP contribution in [0.2, 0.25) is 0 Å². The van der Waals surface area contributed by atoms with Crippen LogP contribution in [0.1, 0.15) is 22.3 Å². The van der Waals surface area contributed by atoms with E-state index in [0.717, 1.165) is 6.42 Å². The number of nitriles is 1. The molecule has 128 valence electrons. The van der Waals surface area contributed by atoms with Crippen molar-refractivity contribution in [3.63, 3.8) is 0 Å². The van der Waals surface area contributed by atoms with Crippen molar-refractivity contribution in [3.05, 3.63) is 56.3 Å². The van der Waals surface area contributed by atoms with Gasteiger partial charge in [0.15, 0.2) is 0 Å². The SMILES string of the molecule is N#Cc1cc([N+](=O)[O-])ccc1N1CCCN(C(=O)c2ccsc2)CC1. The van der Waals surface area contributed by atoms with Gasteiger partial charge in [-0.1, -0.05) is 0 Å². The number of rotatable bonds is 3. The number of thiophene rings is 1. The second-order valence-corrected chi connectivity index (χ2v) is 6.50. The molecule has 0 radical (unpaired) electrons. The Labute approximate surface area is 148 Å². The van der Waals surface area contributed by atoms with Gasteiger partial charge in [-0.25, -0.2) is 0 Å². The minimum Gasteiger partial charge on any atom is -0.369 e. The van der Waals surface area contributed by atoms with Crippen molar-refractivity contribution in [1.29, 1.82) is 5.26 Å². The number of nitrogens with zero attached hydrogens (tertiary/aromatic N) is 4. The van der Waals surface area contributed by atoms with Gasteiger partial charge >= 0.3 is 0 Å². The second-order valence-electron chi connectivity index (χ2n) is 5.72. The largest absolute Gasteiger partial charge is 0.369 e. The number of amides is 1. The fraction of sp³-hybridized carbons (Fsp3) is 0.294. The van der Waals surface area contributed by atoms with Gasteiger partial charge in [0.25, 0.3) is 11.6 Å². The molecule has 0 atom stereocenters. The van der Waals surface area contributed by atoms with Crippen molar-refractivity contribution in [2.75, 3.05) is 31.1 Å². The smallest absolute Gasteiger partial charge is 0.270 e. The van der Waals surface area contributed by atoms with Gasteiger partial charge in [0, 0.05) is 43.7 Å². The molecule has 1 aromatic carbocycles. The number of benzene rings is 1. The number of hydrogen-bond acceptors (Lipinski definition) is 6. The van der Waals surface area contributed by atoms with E-state index in [1.165, 1.54) is 23.5 Å². The summed E-state index contributed by atoms with van der Waals surface area (Å²) < 4.78 is 0. The highest BCUT2D eigenvalue weighted by atomic mass is 32.1. The molecule has 8 heteroatoms. The Balaban J connectivity index is 1.76. The Kier molecular flexibility index (Phi) is 4.95. The average molecular weight is 356 g/mol. The molecule has 1 amide bonds. The number of nitro benzene ring substituents is 1. The maximum atomic E-state index is 12.5. The van der Waals surface area contributed by atoms with Crippen molar-refractivity contribution >= 4 is 28.6 Å². The molecule has 3 rings (SSSR count). The molecule has 25 heavy (non-hydrogen) atoms. The van der Waals surface area contributed by atoms with E-state index in [4.69, 9.17) is 0 Å². The molecule has 0 bridgehead atoms. The highest BCUT2D eigenvalue weighted by molar-refractivity contribution is 7.08. The van der Waals surface area contributed by atoms with Crippen LogP contribution in [0, 0.1) is 21.4 Å². The lowest BCUT2D eigenvalue weighted by Gasteiger charge is -2.24. The minimum atomic E-state index is -0.506. The van der Waals surface area contributed by atoms with Crippen molar-refractivity contribution in [1.82, 2.24) is 4.90 Å². The van der Waals surface area contributed by atoms with Crippen LogP contribution in [0.25, 0.3) is 0 Å². The topological polar surface area (TPSA) is 90.5 Å². The number of hydrogen-bond donors (Lipinski definition) is 0. The van der Waals surface area contributed by atoms with Crippen LogP contribution in [-0.4, -0.2) is 41.9 Å². The van der Waals surface area contributed by atoms with Crippen LogP contribution in [0.15, 0.2) is 35.0 Å². The van der Waals surface area contributed by atoms with Gasteiger partial charge in [0.05, 0.1) is 21.7 Å². The molecule has 2 aromatic rings. The summed E-state index contributed by atoms with van der Waals surface area (Å²) >= 11 is 1.49. The summed E-state index contributed by atoms with van der Waals surface area (Å²) in [5.41, 5.74) is 1.57. The molecule has 1 aliphatic heterocycles. The summed E-state index contributed by atoms with van der Waals surface area (Å²) in [6.45, 7) is 2.48. The van der Waals surface area contributed by atoms with E-state index in [2.05, 4.69) is 0 Å². The Bertz CT molecular complexity index is 829. The predicted molar refractivity (Wildman–Crippen MR) is 94.9 cm³/mol. The van der Waals surface area contributed by atoms with Crippen LogP contribution in [0.4, 0.5) is 11.4 Å². The van der Waals surface area contributed by atoms with E-state index in [0.29, 0.717) is 37.4 Å². The lowest BCUT2D eigenvalue weighted by molar-refractivity contribution is -0.384. The van der Waals surface area contributed by atoms with Crippen molar-refractivity contribution in [2.45, 2.75) is 6.42 Å². The molecule has 0 spiro atoms. The van der Waals surface area contributed by atoms with E-state index in [1.54, 1.807) is 6.07 Å². The Morgan fingerprint density at radius 2 is 2.08 bits per heavy atom. The Hall–Kier alpha value is -2.92. The quantitative estimate of drug-likeness (QED) is 0.623. The van der Waals surface area contributed by atoms with Crippen LogP contribution in [0.5, 0.6) is 0 Å². The lowest BCUT2D eigenvalue weighted by atomic mass is 10.1. The third kappa shape index (κ3) is 3.61. The number of anilines is 1. The maximum absolute atomic E-state index is 12.5. The van der Waals surface area contributed by atoms with Gasteiger partial charge in [-0.15, -0.1) is 0 Å². The monoisotopic (exact) mass is 356 g/mol. The van der Waals surface area contributed by atoms with Gasteiger partial charge in [-0.2, -0.15) is 16.6 Å². The summed E-state index contributed by atoms with van der Waals surface area (Å²) in [4.78, 5) is 26.7.